The maximum atomic E-state index is 11.6. The van der Waals surface area contributed by atoms with Gasteiger partial charge in [0, 0.05) is 12.6 Å². The number of primary amides is 1. The number of nitrogens with two attached hydrogens (primary N) is 2. The Kier molecular flexibility index (Phi) is 12.6. The van der Waals surface area contributed by atoms with Crippen molar-refractivity contribution in [2.75, 3.05) is 18.5 Å². The fourth-order valence-corrected chi connectivity index (χ4v) is 6.22. The number of hydrogen-bond donors (Lipinski definition) is 7. The van der Waals surface area contributed by atoms with E-state index in [1.165, 1.54) is 23.8 Å². The molecule has 3 aromatic carbocycles. The molecule has 0 aliphatic carbocycles. The molecule has 230 valence electrons. The molecule has 1 heterocycles. The number of phenols is 1. The number of amides is 1. The van der Waals surface area contributed by atoms with Gasteiger partial charge < -0.3 is 26.6 Å². The van der Waals surface area contributed by atoms with Gasteiger partial charge in [0.1, 0.15) is 15.5 Å². The zero-order chi connectivity index (χ0) is 30.4. The summed E-state index contributed by atoms with van der Waals surface area (Å²) < 4.78 is 47.9. The highest BCUT2D eigenvalue weighted by atomic mass is 35.5. The average molecular weight is 663 g/mol. The molecular formula is C26H33Cl2N5O7S2. The van der Waals surface area contributed by atoms with Crippen LogP contribution in [0.4, 0.5) is 5.69 Å². The number of hydrogen-bond acceptors (Lipinski definition) is 9. The van der Waals surface area contributed by atoms with Crippen molar-refractivity contribution in [3.8, 4) is 5.75 Å². The lowest BCUT2D eigenvalue weighted by Gasteiger charge is -2.20. The molecule has 42 heavy (non-hydrogen) atoms. The quantitative estimate of drug-likeness (QED) is 0.179. The predicted molar refractivity (Wildman–Crippen MR) is 163 cm³/mol. The van der Waals surface area contributed by atoms with Gasteiger partial charge in [-0.1, -0.05) is 48.0 Å². The molecule has 1 aliphatic heterocycles. The third kappa shape index (κ3) is 9.54. The van der Waals surface area contributed by atoms with Crippen LogP contribution in [0.3, 0.4) is 0 Å². The molecule has 0 aromatic heterocycles. The first-order chi connectivity index (χ1) is 19.2. The molecule has 4 rings (SSSR count). The number of fused-ring (bicyclic) bond motifs is 1. The van der Waals surface area contributed by atoms with Crippen molar-refractivity contribution in [1.29, 1.82) is 0 Å². The number of aryl methyl sites for hydroxylation is 1. The Morgan fingerprint density at radius 1 is 1.14 bits per heavy atom. The van der Waals surface area contributed by atoms with E-state index in [9.17, 15) is 31.8 Å². The maximum Gasteiger partial charge on any atom is 0.252 e. The second-order valence-corrected chi connectivity index (χ2v) is 13.0. The molecule has 12 nitrogen and oxygen atoms in total. The summed E-state index contributed by atoms with van der Waals surface area (Å²) in [6.07, 6.45) is 1.15. The minimum absolute atomic E-state index is 0. The van der Waals surface area contributed by atoms with Gasteiger partial charge in [-0.05, 0) is 55.2 Å². The number of benzene rings is 3. The molecule has 0 saturated heterocycles. The normalized spacial score (nSPS) is 15.0. The van der Waals surface area contributed by atoms with Crippen LogP contribution in [0.15, 0.2) is 70.5 Å². The van der Waals surface area contributed by atoms with Crippen LogP contribution >= 0.6 is 24.0 Å². The Morgan fingerprint density at radius 3 is 2.43 bits per heavy atom. The molecular weight excluding hydrogens is 629 g/mol. The van der Waals surface area contributed by atoms with Gasteiger partial charge in [-0.2, -0.15) is 4.72 Å². The SMILES string of the molecule is CC(CCc1ccccc1)NCC(O)c1ccc(O)c(C(N)=O)c1.Cl.NS(=O)(=O)c1cc2c(cc1Cl)NCNS2(=O)=O. The molecule has 2 atom stereocenters. The predicted octanol–water partition coefficient (Wildman–Crippen LogP) is 2.21. The Balaban J connectivity index is 0.000000302. The second-order valence-electron chi connectivity index (χ2n) is 9.32. The second kappa shape index (κ2) is 15.0. The van der Waals surface area contributed by atoms with Crippen LogP contribution in [0.5, 0.6) is 5.75 Å². The van der Waals surface area contributed by atoms with Gasteiger partial charge in [0.15, 0.2) is 0 Å². The first-order valence-electron chi connectivity index (χ1n) is 12.4. The van der Waals surface area contributed by atoms with Gasteiger partial charge in [-0.25, -0.2) is 22.0 Å². The molecule has 0 spiro atoms. The number of aliphatic hydroxyl groups is 1. The third-order valence-electron chi connectivity index (χ3n) is 6.21. The summed E-state index contributed by atoms with van der Waals surface area (Å²) in [4.78, 5) is 10.6. The highest BCUT2D eigenvalue weighted by molar-refractivity contribution is 7.90. The molecule has 0 bridgehead atoms. The van der Waals surface area contributed by atoms with Gasteiger partial charge in [0.2, 0.25) is 20.0 Å². The standard InChI is InChI=1S/C19H24N2O3.C7H8ClN3O4S2.ClH/c1-13(7-8-14-5-3-2-4-6-14)21-12-18(23)15-9-10-17(22)16(11-15)19(20)24;8-4-1-5-7(2-6(4)16(9,12)13)17(14,15)11-3-10-5;/h2-6,9-11,13,18,21-23H,7-8,12H2,1H3,(H2,20,24);1-2,10-11H,3H2,(H2,9,12,13);1H. The highest BCUT2D eigenvalue weighted by Crippen LogP contribution is 2.32. The maximum absolute atomic E-state index is 11.6. The van der Waals surface area contributed by atoms with Gasteiger partial charge in [0.05, 0.1) is 29.0 Å². The summed E-state index contributed by atoms with van der Waals surface area (Å²) in [6, 6.07) is 17.0. The van der Waals surface area contributed by atoms with Crippen LogP contribution in [0, 0.1) is 0 Å². The van der Waals surface area contributed by atoms with Gasteiger partial charge >= 0.3 is 0 Å². The lowest BCUT2D eigenvalue weighted by atomic mass is 10.0. The summed E-state index contributed by atoms with van der Waals surface area (Å²) in [6.45, 7) is 2.45. The number of nitrogens with one attached hydrogen (secondary N) is 3. The van der Waals surface area contributed by atoms with E-state index < -0.39 is 37.0 Å². The molecule has 16 heteroatoms. The number of rotatable bonds is 9. The molecule has 2 unspecified atom stereocenters. The van der Waals surface area contributed by atoms with Crippen molar-refractivity contribution in [3.63, 3.8) is 0 Å². The number of carbonyl (C=O) groups is 1. The van der Waals surface area contributed by atoms with E-state index in [0.29, 0.717) is 12.1 Å². The summed E-state index contributed by atoms with van der Waals surface area (Å²) in [7, 11) is -7.80. The molecule has 1 amide bonds. The molecule has 0 saturated carbocycles. The number of sulfonamides is 2. The monoisotopic (exact) mass is 661 g/mol. The van der Waals surface area contributed by atoms with Crippen LogP contribution in [0.25, 0.3) is 0 Å². The fourth-order valence-electron chi connectivity index (χ4n) is 3.94. The number of carbonyl (C=O) groups excluding carboxylic acids is 1. The van der Waals surface area contributed by atoms with Crippen LogP contribution < -0.4 is 26.2 Å². The van der Waals surface area contributed by atoms with Crippen molar-refractivity contribution in [2.45, 2.75) is 41.7 Å². The first-order valence-corrected chi connectivity index (χ1v) is 15.8. The zero-order valence-electron chi connectivity index (χ0n) is 22.4. The van der Waals surface area contributed by atoms with Crippen molar-refractivity contribution < 1.29 is 31.8 Å². The summed E-state index contributed by atoms with van der Waals surface area (Å²) in [5.74, 6) is -0.895. The van der Waals surface area contributed by atoms with E-state index in [2.05, 4.69) is 34.4 Å². The number of halogens is 2. The van der Waals surface area contributed by atoms with Crippen molar-refractivity contribution in [1.82, 2.24) is 10.0 Å². The molecule has 1 aliphatic rings. The van der Waals surface area contributed by atoms with Gasteiger partial charge in [-0.15, -0.1) is 12.4 Å². The molecule has 9 N–H and O–H groups in total. The Bertz CT molecular complexity index is 1610. The van der Waals surface area contributed by atoms with E-state index in [0.717, 1.165) is 18.9 Å². The zero-order valence-corrected chi connectivity index (χ0v) is 25.7. The van der Waals surface area contributed by atoms with Gasteiger partial charge in [0.25, 0.3) is 5.91 Å². The number of aliphatic hydroxyl groups excluding tert-OH is 1. The fraction of sp³-hybridized carbons (Fsp3) is 0.269. The first kappa shape index (κ1) is 35.2. The van der Waals surface area contributed by atoms with E-state index in [-0.39, 0.29) is 52.0 Å². The van der Waals surface area contributed by atoms with Crippen LogP contribution in [-0.4, -0.2) is 52.2 Å². The average Bonchev–Trinajstić information content (AvgIpc) is 2.90. The summed E-state index contributed by atoms with van der Waals surface area (Å²) in [5, 5.41) is 30.7. The Labute approximate surface area is 256 Å². The van der Waals surface area contributed by atoms with Crippen molar-refractivity contribution >= 4 is 55.6 Å². The molecule has 0 fully saturated rings. The molecule has 3 aromatic rings. The van der Waals surface area contributed by atoms with Crippen LogP contribution in [-0.2, 0) is 26.5 Å². The topological polar surface area (TPSA) is 214 Å². The van der Waals surface area contributed by atoms with Crippen molar-refractivity contribution in [2.24, 2.45) is 10.9 Å². The summed E-state index contributed by atoms with van der Waals surface area (Å²) >= 11 is 5.72. The van der Waals surface area contributed by atoms with Crippen LogP contribution in [0.1, 0.15) is 40.9 Å². The largest absolute Gasteiger partial charge is 0.507 e. The van der Waals surface area contributed by atoms with E-state index in [1.54, 1.807) is 6.07 Å². The van der Waals surface area contributed by atoms with Gasteiger partial charge in [-0.3, -0.25) is 4.79 Å². The Hall–Kier alpha value is -2.95. The van der Waals surface area contributed by atoms with E-state index >= 15 is 0 Å². The van der Waals surface area contributed by atoms with Crippen LogP contribution in [0.2, 0.25) is 5.02 Å². The van der Waals surface area contributed by atoms with E-state index in [1.807, 2.05) is 18.2 Å². The summed E-state index contributed by atoms with van der Waals surface area (Å²) in [5.41, 5.74) is 7.29. The Morgan fingerprint density at radius 2 is 1.81 bits per heavy atom. The molecule has 0 radical (unpaired) electrons. The lowest BCUT2D eigenvalue weighted by molar-refractivity contribution is 0.0997. The minimum Gasteiger partial charge on any atom is -0.507 e. The van der Waals surface area contributed by atoms with E-state index in [4.69, 9.17) is 22.5 Å². The highest BCUT2D eigenvalue weighted by Gasteiger charge is 2.27. The lowest BCUT2D eigenvalue weighted by Crippen LogP contribution is -2.34. The minimum atomic E-state index is -4.07. The number of primary sulfonamides is 1. The number of anilines is 1. The van der Waals surface area contributed by atoms with Crippen molar-refractivity contribution in [3.05, 3.63) is 82.4 Å². The smallest absolute Gasteiger partial charge is 0.252 e. The number of aromatic hydroxyl groups is 1. The third-order valence-corrected chi connectivity index (χ3v) is 9.03.